The number of benzene rings is 2. The average molecular weight is 282 g/mol. The second-order valence-corrected chi connectivity index (χ2v) is 5.54. The van der Waals surface area contributed by atoms with Crippen LogP contribution in [0.5, 0.6) is 0 Å². The van der Waals surface area contributed by atoms with E-state index in [-0.39, 0.29) is 10.6 Å². The van der Waals surface area contributed by atoms with Crippen LogP contribution in [0.1, 0.15) is 34.7 Å². The molecular formula is C17H18N2O2. The van der Waals surface area contributed by atoms with Crippen molar-refractivity contribution in [1.29, 1.82) is 0 Å². The lowest BCUT2D eigenvalue weighted by Gasteiger charge is -2.15. The van der Waals surface area contributed by atoms with Gasteiger partial charge >= 0.3 is 0 Å². The predicted octanol–water partition coefficient (Wildman–Crippen LogP) is 3.68. The molecule has 0 aromatic heterocycles. The topological polar surface area (TPSA) is 55.2 Å². The normalized spacial score (nSPS) is 16.7. The van der Waals surface area contributed by atoms with Crippen LogP contribution >= 0.6 is 0 Å². The van der Waals surface area contributed by atoms with Crippen molar-refractivity contribution in [3.05, 3.63) is 74.8 Å². The molecule has 1 unspecified atom stereocenters. The van der Waals surface area contributed by atoms with Crippen molar-refractivity contribution in [3.8, 4) is 0 Å². The van der Waals surface area contributed by atoms with Gasteiger partial charge < -0.3 is 5.32 Å². The van der Waals surface area contributed by atoms with Crippen LogP contribution in [0.4, 0.5) is 5.69 Å². The molecule has 1 atom stereocenters. The van der Waals surface area contributed by atoms with Crippen LogP contribution in [-0.2, 0) is 13.0 Å². The Hall–Kier alpha value is -2.20. The number of hydrogen-bond acceptors (Lipinski definition) is 3. The van der Waals surface area contributed by atoms with E-state index in [0.29, 0.717) is 12.6 Å². The SMILES string of the molecule is Cc1ccc([N+](=O)[O-])cc1CNC1CCc2ccccc21. The Morgan fingerprint density at radius 1 is 1.29 bits per heavy atom. The van der Waals surface area contributed by atoms with Crippen molar-refractivity contribution < 1.29 is 4.92 Å². The second kappa shape index (κ2) is 5.66. The van der Waals surface area contributed by atoms with E-state index in [4.69, 9.17) is 0 Å². The smallest absolute Gasteiger partial charge is 0.269 e. The fraction of sp³-hybridized carbons (Fsp3) is 0.294. The fourth-order valence-electron chi connectivity index (χ4n) is 2.96. The predicted molar refractivity (Wildman–Crippen MR) is 82.2 cm³/mol. The number of nitrogens with zero attached hydrogens (tertiary/aromatic N) is 1. The molecule has 4 nitrogen and oxygen atoms in total. The molecular weight excluding hydrogens is 264 g/mol. The monoisotopic (exact) mass is 282 g/mol. The van der Waals surface area contributed by atoms with Crippen LogP contribution in [0.2, 0.25) is 0 Å². The van der Waals surface area contributed by atoms with Crippen molar-refractivity contribution in [1.82, 2.24) is 5.32 Å². The second-order valence-electron chi connectivity index (χ2n) is 5.54. The molecule has 0 radical (unpaired) electrons. The molecule has 0 bridgehead atoms. The van der Waals surface area contributed by atoms with Gasteiger partial charge in [-0.25, -0.2) is 0 Å². The summed E-state index contributed by atoms with van der Waals surface area (Å²) < 4.78 is 0. The standard InChI is InChI=1S/C17H18N2O2/c1-12-6-8-15(19(20)21)10-14(12)11-18-17-9-7-13-4-2-3-5-16(13)17/h2-6,8,10,17-18H,7,9,11H2,1H3. The van der Waals surface area contributed by atoms with E-state index in [1.165, 1.54) is 11.1 Å². The minimum atomic E-state index is -0.339. The molecule has 108 valence electrons. The number of non-ortho nitro benzene ring substituents is 1. The fourth-order valence-corrected chi connectivity index (χ4v) is 2.96. The summed E-state index contributed by atoms with van der Waals surface area (Å²) >= 11 is 0. The summed E-state index contributed by atoms with van der Waals surface area (Å²) in [6, 6.07) is 13.9. The average Bonchev–Trinajstić information content (AvgIpc) is 2.89. The van der Waals surface area contributed by atoms with Crippen LogP contribution in [0.25, 0.3) is 0 Å². The van der Waals surface area contributed by atoms with Gasteiger partial charge in [0, 0.05) is 24.7 Å². The molecule has 0 amide bonds. The first kappa shape index (κ1) is 13.8. The summed E-state index contributed by atoms with van der Waals surface area (Å²) in [6.07, 6.45) is 2.19. The van der Waals surface area contributed by atoms with Gasteiger partial charge in [0.15, 0.2) is 0 Å². The molecule has 0 heterocycles. The van der Waals surface area contributed by atoms with Crippen molar-refractivity contribution in [3.63, 3.8) is 0 Å². The maximum absolute atomic E-state index is 10.9. The molecule has 3 rings (SSSR count). The summed E-state index contributed by atoms with van der Waals surface area (Å²) in [7, 11) is 0. The summed E-state index contributed by atoms with van der Waals surface area (Å²) in [5.74, 6) is 0. The summed E-state index contributed by atoms with van der Waals surface area (Å²) in [4.78, 5) is 10.5. The molecule has 0 spiro atoms. The van der Waals surface area contributed by atoms with E-state index in [0.717, 1.165) is 24.0 Å². The van der Waals surface area contributed by atoms with Gasteiger partial charge in [-0.2, -0.15) is 0 Å². The Bertz CT molecular complexity index is 682. The van der Waals surface area contributed by atoms with Crippen molar-refractivity contribution >= 4 is 5.69 Å². The molecule has 0 saturated carbocycles. The molecule has 0 aliphatic heterocycles. The summed E-state index contributed by atoms with van der Waals surface area (Å²) in [5, 5.41) is 14.4. The zero-order valence-electron chi connectivity index (χ0n) is 12.0. The maximum atomic E-state index is 10.9. The van der Waals surface area contributed by atoms with Gasteiger partial charge in [0.2, 0.25) is 0 Å². The number of rotatable bonds is 4. The highest BCUT2D eigenvalue weighted by atomic mass is 16.6. The van der Waals surface area contributed by atoms with E-state index in [1.54, 1.807) is 12.1 Å². The van der Waals surface area contributed by atoms with Crippen molar-refractivity contribution in [2.24, 2.45) is 0 Å². The first-order valence-corrected chi connectivity index (χ1v) is 7.20. The molecule has 1 N–H and O–H groups in total. The zero-order chi connectivity index (χ0) is 14.8. The van der Waals surface area contributed by atoms with Crippen molar-refractivity contribution in [2.45, 2.75) is 32.4 Å². The van der Waals surface area contributed by atoms with Gasteiger partial charge in [0.25, 0.3) is 5.69 Å². The lowest BCUT2D eigenvalue weighted by molar-refractivity contribution is -0.384. The molecule has 1 aliphatic rings. The molecule has 0 fully saturated rings. The van der Waals surface area contributed by atoms with Gasteiger partial charge in [-0.3, -0.25) is 10.1 Å². The molecule has 4 heteroatoms. The molecule has 0 saturated heterocycles. The number of aryl methyl sites for hydroxylation is 2. The highest BCUT2D eigenvalue weighted by Gasteiger charge is 2.21. The molecule has 1 aliphatic carbocycles. The molecule has 21 heavy (non-hydrogen) atoms. The number of fused-ring (bicyclic) bond motifs is 1. The van der Waals surface area contributed by atoms with E-state index < -0.39 is 0 Å². The molecule has 2 aromatic carbocycles. The van der Waals surface area contributed by atoms with Crippen LogP contribution in [0.15, 0.2) is 42.5 Å². The van der Waals surface area contributed by atoms with Crippen molar-refractivity contribution in [2.75, 3.05) is 0 Å². The van der Waals surface area contributed by atoms with Gasteiger partial charge in [-0.15, -0.1) is 0 Å². The summed E-state index contributed by atoms with van der Waals surface area (Å²) in [6.45, 7) is 2.65. The third-order valence-corrected chi connectivity index (χ3v) is 4.22. The number of nitro groups is 1. The Kier molecular flexibility index (Phi) is 3.71. The largest absolute Gasteiger partial charge is 0.306 e. The zero-order valence-corrected chi connectivity index (χ0v) is 12.0. The Labute approximate surface area is 124 Å². The lowest BCUT2D eigenvalue weighted by atomic mass is 10.1. The lowest BCUT2D eigenvalue weighted by Crippen LogP contribution is -2.19. The van der Waals surface area contributed by atoms with E-state index in [1.807, 2.05) is 13.0 Å². The van der Waals surface area contributed by atoms with E-state index in [2.05, 4.69) is 29.6 Å². The first-order chi connectivity index (χ1) is 10.1. The van der Waals surface area contributed by atoms with Gasteiger partial charge in [0.05, 0.1) is 4.92 Å². The number of nitrogens with one attached hydrogen (secondary N) is 1. The van der Waals surface area contributed by atoms with Crippen LogP contribution in [-0.4, -0.2) is 4.92 Å². The highest BCUT2D eigenvalue weighted by molar-refractivity contribution is 5.40. The summed E-state index contributed by atoms with van der Waals surface area (Å²) in [5.41, 5.74) is 5.00. The van der Waals surface area contributed by atoms with E-state index in [9.17, 15) is 10.1 Å². The number of nitro benzene ring substituents is 1. The Morgan fingerprint density at radius 2 is 2.10 bits per heavy atom. The van der Waals surface area contributed by atoms with E-state index >= 15 is 0 Å². The van der Waals surface area contributed by atoms with Crippen LogP contribution < -0.4 is 5.32 Å². The minimum Gasteiger partial charge on any atom is -0.306 e. The van der Waals surface area contributed by atoms with Gasteiger partial charge in [-0.05, 0) is 42.0 Å². The molecule has 2 aromatic rings. The quantitative estimate of drug-likeness (QED) is 0.687. The third kappa shape index (κ3) is 2.81. The maximum Gasteiger partial charge on any atom is 0.269 e. The highest BCUT2D eigenvalue weighted by Crippen LogP contribution is 2.31. The van der Waals surface area contributed by atoms with Crippen LogP contribution in [0.3, 0.4) is 0 Å². The van der Waals surface area contributed by atoms with Gasteiger partial charge in [0.1, 0.15) is 0 Å². The Balaban J connectivity index is 1.74. The van der Waals surface area contributed by atoms with Crippen LogP contribution in [0, 0.1) is 17.0 Å². The first-order valence-electron chi connectivity index (χ1n) is 7.20. The van der Waals surface area contributed by atoms with Gasteiger partial charge in [-0.1, -0.05) is 30.3 Å². The third-order valence-electron chi connectivity index (χ3n) is 4.22. The Morgan fingerprint density at radius 3 is 2.90 bits per heavy atom. The minimum absolute atomic E-state index is 0.157. The number of hydrogen-bond donors (Lipinski definition) is 1.